The average Bonchev–Trinajstić information content (AvgIpc) is 1.97. The number of quaternary nitrogens is 1. The van der Waals surface area contributed by atoms with Gasteiger partial charge in [-0.15, -0.1) is 0 Å². The van der Waals surface area contributed by atoms with Crippen molar-refractivity contribution in [1.29, 1.82) is 0 Å². The Morgan fingerprint density at radius 1 is 1.50 bits per heavy atom. The molecule has 1 unspecified atom stereocenters. The summed E-state index contributed by atoms with van der Waals surface area (Å²) < 4.78 is 25.6. The Kier molecular flexibility index (Phi) is 3.40. The Balaban J connectivity index is 2.34. The maximum absolute atomic E-state index is 12.8. The van der Waals surface area contributed by atoms with Gasteiger partial charge in [0, 0.05) is 6.42 Å². The summed E-state index contributed by atoms with van der Waals surface area (Å²) >= 11 is 0. The first-order valence-corrected chi connectivity index (χ1v) is 4.51. The minimum atomic E-state index is -2.45. The van der Waals surface area contributed by atoms with Gasteiger partial charge < -0.3 is 10.6 Å². The van der Waals surface area contributed by atoms with Gasteiger partial charge in [-0.2, -0.15) is 0 Å². The van der Waals surface area contributed by atoms with E-state index in [9.17, 15) is 8.78 Å². The summed E-state index contributed by atoms with van der Waals surface area (Å²) in [7, 11) is 1.89. The summed E-state index contributed by atoms with van der Waals surface area (Å²) in [5.41, 5.74) is 0. The summed E-state index contributed by atoms with van der Waals surface area (Å²) in [4.78, 5) is 0. The van der Waals surface area contributed by atoms with E-state index in [2.05, 4.69) is 5.32 Å². The number of hydrogen-bond donors (Lipinski definition) is 2. The molecule has 1 heterocycles. The predicted molar refractivity (Wildman–Crippen MR) is 43.3 cm³/mol. The number of rotatable bonds is 1. The maximum atomic E-state index is 12.8. The number of nitrogens with two attached hydrogens (primary N) is 1. The van der Waals surface area contributed by atoms with Crippen LogP contribution in [0.1, 0.15) is 19.3 Å². The lowest BCUT2D eigenvalue weighted by molar-refractivity contribution is -0.673. The fraction of sp³-hybridized carbons (Fsp3) is 1.00. The largest absolute Gasteiger partial charge is 0.340 e. The van der Waals surface area contributed by atoms with Crippen molar-refractivity contribution < 1.29 is 14.1 Å². The lowest BCUT2D eigenvalue weighted by atomic mass is 10.0. The van der Waals surface area contributed by atoms with Crippen LogP contribution in [0.15, 0.2) is 0 Å². The van der Waals surface area contributed by atoms with Gasteiger partial charge in [-0.3, -0.25) is 0 Å². The van der Waals surface area contributed by atoms with Crippen molar-refractivity contribution in [3.05, 3.63) is 0 Å². The van der Waals surface area contributed by atoms with Crippen LogP contribution in [0.25, 0.3) is 0 Å². The van der Waals surface area contributed by atoms with Gasteiger partial charge >= 0.3 is 0 Å². The zero-order valence-electron chi connectivity index (χ0n) is 7.45. The van der Waals surface area contributed by atoms with Gasteiger partial charge in [-0.1, -0.05) is 0 Å². The maximum Gasteiger partial charge on any atom is 0.295 e. The van der Waals surface area contributed by atoms with Crippen molar-refractivity contribution in [2.45, 2.75) is 31.2 Å². The molecule has 1 rings (SSSR count). The molecule has 0 spiro atoms. The van der Waals surface area contributed by atoms with Crippen LogP contribution >= 0.6 is 0 Å². The second-order valence-electron chi connectivity index (χ2n) is 3.46. The van der Waals surface area contributed by atoms with Gasteiger partial charge in [0.2, 0.25) is 0 Å². The van der Waals surface area contributed by atoms with Crippen molar-refractivity contribution in [2.24, 2.45) is 0 Å². The van der Waals surface area contributed by atoms with E-state index in [1.807, 2.05) is 7.05 Å². The normalized spacial score (nSPS) is 30.8. The van der Waals surface area contributed by atoms with Gasteiger partial charge in [0.15, 0.2) is 0 Å². The molecule has 3 N–H and O–H groups in total. The molecule has 4 heteroatoms. The molecule has 1 aliphatic rings. The predicted octanol–water partition coefficient (Wildman–Crippen LogP) is -0.0430. The highest BCUT2D eigenvalue weighted by Gasteiger charge is 2.32. The smallest absolute Gasteiger partial charge is 0.295 e. The number of halogens is 2. The molecule has 1 aliphatic heterocycles. The minimum Gasteiger partial charge on any atom is -0.340 e. The SMILES string of the molecule is CNC1CCCC(F)(F)C[NH2+]C1. The molecule has 0 aromatic carbocycles. The van der Waals surface area contributed by atoms with Gasteiger partial charge in [0.25, 0.3) is 5.92 Å². The number of likely N-dealkylation sites (N-methyl/N-ethyl adjacent to an activating group) is 1. The molecule has 72 valence electrons. The first kappa shape index (κ1) is 9.86. The average molecular weight is 179 g/mol. The van der Waals surface area contributed by atoms with E-state index in [1.54, 1.807) is 5.32 Å². The Labute approximate surface area is 71.7 Å². The summed E-state index contributed by atoms with van der Waals surface area (Å²) in [6.07, 6.45) is 1.54. The zero-order valence-corrected chi connectivity index (χ0v) is 7.45. The standard InChI is InChI=1S/C8H16F2N2/c1-11-7-3-2-4-8(9,10)6-12-5-7/h7,11-12H,2-6H2,1H3/p+1. The third kappa shape index (κ3) is 3.03. The number of hydrogen-bond acceptors (Lipinski definition) is 1. The van der Waals surface area contributed by atoms with Crippen molar-refractivity contribution in [3.63, 3.8) is 0 Å². The highest BCUT2D eigenvalue weighted by molar-refractivity contribution is 4.70. The highest BCUT2D eigenvalue weighted by atomic mass is 19.3. The molecule has 0 aromatic heterocycles. The molecule has 1 atom stereocenters. The Morgan fingerprint density at radius 2 is 2.25 bits per heavy atom. The van der Waals surface area contributed by atoms with Crippen LogP contribution in [-0.2, 0) is 0 Å². The fourth-order valence-electron chi connectivity index (χ4n) is 1.58. The van der Waals surface area contributed by atoms with E-state index in [4.69, 9.17) is 0 Å². The summed E-state index contributed by atoms with van der Waals surface area (Å²) in [5, 5.41) is 4.83. The Morgan fingerprint density at radius 3 is 2.92 bits per heavy atom. The zero-order chi connectivity index (χ0) is 9.03. The van der Waals surface area contributed by atoms with Gasteiger partial charge in [-0.05, 0) is 19.9 Å². The minimum absolute atomic E-state index is 0.0433. The topological polar surface area (TPSA) is 28.6 Å². The molecule has 0 amide bonds. The molecule has 12 heavy (non-hydrogen) atoms. The third-order valence-corrected chi connectivity index (χ3v) is 2.40. The van der Waals surface area contributed by atoms with E-state index in [0.29, 0.717) is 12.5 Å². The molecule has 0 bridgehead atoms. The van der Waals surface area contributed by atoms with E-state index < -0.39 is 5.92 Å². The number of nitrogens with one attached hydrogen (secondary N) is 1. The quantitative estimate of drug-likeness (QED) is 0.581. The molecular weight excluding hydrogens is 162 g/mol. The highest BCUT2D eigenvalue weighted by Crippen LogP contribution is 2.20. The molecule has 1 saturated heterocycles. The molecule has 1 fully saturated rings. The lowest BCUT2D eigenvalue weighted by Gasteiger charge is -2.22. The van der Waals surface area contributed by atoms with E-state index in [1.165, 1.54) is 0 Å². The van der Waals surface area contributed by atoms with Crippen LogP contribution in [0, 0.1) is 0 Å². The lowest BCUT2D eigenvalue weighted by Crippen LogP contribution is -2.90. The summed E-state index contributed by atoms with van der Waals surface area (Å²) in [5.74, 6) is -2.45. The van der Waals surface area contributed by atoms with Crippen LogP contribution in [0.2, 0.25) is 0 Å². The monoisotopic (exact) mass is 179 g/mol. The van der Waals surface area contributed by atoms with Crippen LogP contribution < -0.4 is 10.6 Å². The number of alkyl halides is 2. The molecule has 2 nitrogen and oxygen atoms in total. The Bertz CT molecular complexity index is 127. The van der Waals surface area contributed by atoms with Crippen LogP contribution in [0.5, 0.6) is 0 Å². The van der Waals surface area contributed by atoms with Crippen molar-refractivity contribution in [2.75, 3.05) is 20.1 Å². The third-order valence-electron chi connectivity index (χ3n) is 2.40. The van der Waals surface area contributed by atoms with Crippen molar-refractivity contribution in [1.82, 2.24) is 5.32 Å². The molecule has 0 aliphatic carbocycles. The first-order chi connectivity index (χ1) is 5.64. The van der Waals surface area contributed by atoms with Crippen LogP contribution in [0.4, 0.5) is 8.78 Å². The van der Waals surface area contributed by atoms with Gasteiger partial charge in [0.05, 0.1) is 12.6 Å². The van der Waals surface area contributed by atoms with Gasteiger partial charge in [-0.25, -0.2) is 8.78 Å². The molecule has 0 aromatic rings. The Hall–Kier alpha value is -0.220. The van der Waals surface area contributed by atoms with Crippen molar-refractivity contribution >= 4 is 0 Å². The second-order valence-corrected chi connectivity index (χ2v) is 3.46. The molecule has 0 saturated carbocycles. The molecule has 0 radical (unpaired) electrons. The van der Waals surface area contributed by atoms with E-state index in [-0.39, 0.29) is 13.0 Å². The molecular formula is C8H17F2N2+. The fourth-order valence-corrected chi connectivity index (χ4v) is 1.58. The second kappa shape index (κ2) is 4.14. The van der Waals surface area contributed by atoms with E-state index in [0.717, 1.165) is 13.0 Å². The van der Waals surface area contributed by atoms with Crippen LogP contribution in [-0.4, -0.2) is 32.1 Å². The summed E-state index contributed by atoms with van der Waals surface area (Å²) in [6.45, 7) is 0.720. The van der Waals surface area contributed by atoms with Crippen molar-refractivity contribution in [3.8, 4) is 0 Å². The first-order valence-electron chi connectivity index (χ1n) is 4.51. The van der Waals surface area contributed by atoms with Gasteiger partial charge in [0.1, 0.15) is 6.54 Å². The van der Waals surface area contributed by atoms with Crippen LogP contribution in [0.3, 0.4) is 0 Å². The summed E-state index contributed by atoms with van der Waals surface area (Å²) in [6, 6.07) is 0.404. The van der Waals surface area contributed by atoms with E-state index >= 15 is 0 Å².